The van der Waals surface area contributed by atoms with Crippen LogP contribution in [0.25, 0.3) is 0 Å². The first-order valence-corrected chi connectivity index (χ1v) is 5.76. The molecule has 0 spiro atoms. The van der Waals surface area contributed by atoms with Crippen LogP contribution < -0.4 is 10.6 Å². The van der Waals surface area contributed by atoms with Crippen LogP contribution in [0.5, 0.6) is 0 Å². The third-order valence-corrected chi connectivity index (χ3v) is 3.17. The fourth-order valence-electron chi connectivity index (χ4n) is 2.18. The highest BCUT2D eigenvalue weighted by atomic mass is 14.9. The average Bonchev–Trinajstić information content (AvgIpc) is 2.27. The molecule has 1 aromatic rings. The van der Waals surface area contributed by atoms with Crippen molar-refractivity contribution in [2.75, 3.05) is 18.9 Å². The molecule has 15 heavy (non-hydrogen) atoms. The Morgan fingerprint density at radius 1 is 1.33 bits per heavy atom. The Morgan fingerprint density at radius 3 is 2.80 bits per heavy atom. The van der Waals surface area contributed by atoms with E-state index in [1.165, 1.54) is 22.4 Å². The van der Waals surface area contributed by atoms with Gasteiger partial charge in [-0.3, -0.25) is 0 Å². The smallest absolute Gasteiger partial charge is 0.0388 e. The maximum Gasteiger partial charge on any atom is 0.0388 e. The Kier molecular flexibility index (Phi) is 2.96. The minimum Gasteiger partial charge on any atom is -0.388 e. The molecule has 0 amide bonds. The fourth-order valence-corrected chi connectivity index (χ4v) is 2.18. The molecule has 82 valence electrons. The van der Waals surface area contributed by atoms with Crippen LogP contribution in [0.3, 0.4) is 0 Å². The van der Waals surface area contributed by atoms with Gasteiger partial charge in [0.2, 0.25) is 0 Å². The van der Waals surface area contributed by atoms with E-state index >= 15 is 0 Å². The van der Waals surface area contributed by atoms with E-state index in [-0.39, 0.29) is 0 Å². The second kappa shape index (κ2) is 4.23. The van der Waals surface area contributed by atoms with E-state index < -0.39 is 0 Å². The van der Waals surface area contributed by atoms with Crippen LogP contribution in [0.15, 0.2) is 12.1 Å². The first-order valence-electron chi connectivity index (χ1n) is 5.76. The predicted molar refractivity (Wildman–Crippen MR) is 65.5 cm³/mol. The van der Waals surface area contributed by atoms with E-state index in [0.29, 0.717) is 5.92 Å². The van der Waals surface area contributed by atoms with Crippen LogP contribution in [0.4, 0.5) is 5.69 Å². The molecular formula is C13H20N2. The largest absolute Gasteiger partial charge is 0.388 e. The number of nitrogens with one attached hydrogen (secondary N) is 2. The zero-order chi connectivity index (χ0) is 10.8. The summed E-state index contributed by atoms with van der Waals surface area (Å²) in [6.45, 7) is 6.62. The quantitative estimate of drug-likeness (QED) is 0.773. The second-order valence-corrected chi connectivity index (χ2v) is 4.54. The molecule has 0 atom stereocenters. The van der Waals surface area contributed by atoms with Gasteiger partial charge in [0.05, 0.1) is 0 Å². The van der Waals surface area contributed by atoms with Gasteiger partial charge in [-0.25, -0.2) is 0 Å². The Morgan fingerprint density at radius 2 is 2.13 bits per heavy atom. The average molecular weight is 204 g/mol. The number of rotatable bonds is 2. The van der Waals surface area contributed by atoms with Crippen LogP contribution in [0, 0.1) is 0 Å². The SMILES string of the molecule is CNc1cc(C(C)C)cc2c1CNCC2. The molecule has 0 aromatic heterocycles. The normalized spacial score (nSPS) is 15.2. The third-order valence-electron chi connectivity index (χ3n) is 3.17. The van der Waals surface area contributed by atoms with Crippen molar-refractivity contribution in [1.82, 2.24) is 5.32 Å². The fraction of sp³-hybridized carbons (Fsp3) is 0.538. The van der Waals surface area contributed by atoms with Crippen molar-refractivity contribution < 1.29 is 0 Å². The maximum atomic E-state index is 3.42. The lowest BCUT2D eigenvalue weighted by atomic mass is 9.92. The van der Waals surface area contributed by atoms with Crippen molar-refractivity contribution in [3.63, 3.8) is 0 Å². The van der Waals surface area contributed by atoms with Crippen molar-refractivity contribution in [3.05, 3.63) is 28.8 Å². The lowest BCUT2D eigenvalue weighted by Gasteiger charge is -2.22. The van der Waals surface area contributed by atoms with Crippen molar-refractivity contribution >= 4 is 5.69 Å². The van der Waals surface area contributed by atoms with Gasteiger partial charge in [-0.2, -0.15) is 0 Å². The highest BCUT2D eigenvalue weighted by Gasteiger charge is 2.14. The van der Waals surface area contributed by atoms with E-state index in [0.717, 1.165) is 19.5 Å². The van der Waals surface area contributed by atoms with Crippen molar-refractivity contribution in [3.8, 4) is 0 Å². The van der Waals surface area contributed by atoms with Crippen LogP contribution in [-0.4, -0.2) is 13.6 Å². The lowest BCUT2D eigenvalue weighted by Crippen LogP contribution is -2.24. The molecule has 0 saturated heterocycles. The second-order valence-electron chi connectivity index (χ2n) is 4.54. The molecule has 1 aliphatic heterocycles. The number of benzene rings is 1. The van der Waals surface area contributed by atoms with Crippen molar-refractivity contribution in [1.29, 1.82) is 0 Å². The topological polar surface area (TPSA) is 24.1 Å². The molecular weight excluding hydrogens is 184 g/mol. The van der Waals surface area contributed by atoms with Crippen LogP contribution >= 0.6 is 0 Å². The molecule has 0 fully saturated rings. The first kappa shape index (κ1) is 10.5. The minimum atomic E-state index is 0.609. The summed E-state index contributed by atoms with van der Waals surface area (Å²) in [6, 6.07) is 4.66. The van der Waals surface area contributed by atoms with E-state index in [1.54, 1.807) is 0 Å². The summed E-state index contributed by atoms with van der Waals surface area (Å²) in [7, 11) is 2.01. The molecule has 1 heterocycles. The van der Waals surface area contributed by atoms with E-state index in [9.17, 15) is 0 Å². The molecule has 0 bridgehead atoms. The zero-order valence-corrected chi connectivity index (χ0v) is 9.85. The van der Waals surface area contributed by atoms with Crippen molar-refractivity contribution in [2.45, 2.75) is 32.7 Å². The molecule has 1 aliphatic rings. The minimum absolute atomic E-state index is 0.609. The molecule has 2 rings (SSSR count). The first-order chi connectivity index (χ1) is 7.22. The number of anilines is 1. The van der Waals surface area contributed by atoms with E-state index in [4.69, 9.17) is 0 Å². The standard InChI is InChI=1S/C13H20N2/c1-9(2)11-6-10-4-5-15-8-12(10)13(7-11)14-3/h6-7,9,14-15H,4-5,8H2,1-3H3. The molecule has 2 heteroatoms. The Labute approximate surface area is 92.1 Å². The monoisotopic (exact) mass is 204 g/mol. The summed E-state index contributed by atoms with van der Waals surface area (Å²) < 4.78 is 0. The van der Waals surface area contributed by atoms with Gasteiger partial charge in [0, 0.05) is 19.3 Å². The van der Waals surface area contributed by atoms with Gasteiger partial charge in [0.15, 0.2) is 0 Å². The molecule has 1 aromatic carbocycles. The molecule has 0 radical (unpaired) electrons. The van der Waals surface area contributed by atoms with Gasteiger partial charge in [0.1, 0.15) is 0 Å². The maximum absolute atomic E-state index is 3.42. The van der Waals surface area contributed by atoms with Crippen LogP contribution in [0.2, 0.25) is 0 Å². The summed E-state index contributed by atoms with van der Waals surface area (Å²) >= 11 is 0. The number of hydrogen-bond donors (Lipinski definition) is 2. The summed E-state index contributed by atoms with van der Waals surface area (Å²) in [4.78, 5) is 0. The van der Waals surface area contributed by atoms with Gasteiger partial charge < -0.3 is 10.6 Å². The highest BCUT2D eigenvalue weighted by molar-refractivity contribution is 5.57. The van der Waals surface area contributed by atoms with Gasteiger partial charge in [-0.05, 0) is 41.6 Å². The number of fused-ring (bicyclic) bond motifs is 1. The zero-order valence-electron chi connectivity index (χ0n) is 9.85. The predicted octanol–water partition coefficient (Wildman–Crippen LogP) is 2.50. The van der Waals surface area contributed by atoms with E-state index in [1.807, 2.05) is 7.05 Å². The lowest BCUT2D eigenvalue weighted by molar-refractivity contribution is 0.643. The number of hydrogen-bond acceptors (Lipinski definition) is 2. The summed E-state index contributed by atoms with van der Waals surface area (Å²) in [5, 5.41) is 6.73. The Balaban J connectivity index is 2.48. The summed E-state index contributed by atoms with van der Waals surface area (Å²) in [5.41, 5.74) is 5.71. The van der Waals surface area contributed by atoms with Gasteiger partial charge in [-0.1, -0.05) is 19.9 Å². The van der Waals surface area contributed by atoms with Crippen LogP contribution in [0.1, 0.15) is 36.5 Å². The van der Waals surface area contributed by atoms with Gasteiger partial charge >= 0.3 is 0 Å². The summed E-state index contributed by atoms with van der Waals surface area (Å²) in [6.07, 6.45) is 1.16. The van der Waals surface area contributed by atoms with Gasteiger partial charge in [-0.15, -0.1) is 0 Å². The Bertz CT molecular complexity index is 339. The van der Waals surface area contributed by atoms with Gasteiger partial charge in [0.25, 0.3) is 0 Å². The Hall–Kier alpha value is -1.02. The molecule has 2 N–H and O–H groups in total. The highest BCUT2D eigenvalue weighted by Crippen LogP contribution is 2.28. The van der Waals surface area contributed by atoms with Crippen LogP contribution in [-0.2, 0) is 13.0 Å². The van der Waals surface area contributed by atoms with Crippen molar-refractivity contribution in [2.24, 2.45) is 0 Å². The van der Waals surface area contributed by atoms with E-state index in [2.05, 4.69) is 36.6 Å². The molecule has 0 saturated carbocycles. The summed E-state index contributed by atoms with van der Waals surface area (Å²) in [5.74, 6) is 0.609. The molecule has 0 unspecified atom stereocenters. The molecule has 0 aliphatic carbocycles. The third kappa shape index (κ3) is 2.00. The molecule has 2 nitrogen and oxygen atoms in total.